The van der Waals surface area contributed by atoms with E-state index in [-0.39, 0.29) is 40.9 Å². The molecule has 31 heavy (non-hydrogen) atoms. The monoisotopic (exact) mass is 576 g/mol. The Morgan fingerprint density at radius 1 is 1.35 bits per heavy atom. The van der Waals surface area contributed by atoms with E-state index in [0.29, 0.717) is 50.9 Å². The van der Waals surface area contributed by atoms with Gasteiger partial charge in [-0.1, -0.05) is 18.5 Å². The van der Waals surface area contributed by atoms with Crippen LogP contribution in [-0.4, -0.2) is 55.6 Å². The molecule has 1 atom stereocenters. The van der Waals surface area contributed by atoms with Crippen molar-refractivity contribution in [3.05, 3.63) is 22.8 Å². The lowest BCUT2D eigenvalue weighted by atomic mass is 10.2. The Morgan fingerprint density at radius 3 is 2.71 bits per heavy atom. The lowest BCUT2D eigenvalue weighted by Gasteiger charge is -2.21. The van der Waals surface area contributed by atoms with Gasteiger partial charge in [0.2, 0.25) is 5.91 Å². The van der Waals surface area contributed by atoms with Crippen molar-refractivity contribution in [2.45, 2.75) is 45.3 Å². The number of amides is 1. The van der Waals surface area contributed by atoms with Gasteiger partial charge < -0.3 is 20.9 Å². The van der Waals surface area contributed by atoms with Crippen LogP contribution in [-0.2, 0) is 11.0 Å². The number of guanidine groups is 1. The number of pyridine rings is 1. The highest BCUT2D eigenvalue weighted by Crippen LogP contribution is 2.34. The van der Waals surface area contributed by atoms with Crippen LogP contribution >= 0.6 is 35.6 Å². The molecular weight excluding hydrogens is 548 g/mol. The number of nitrogens with zero attached hydrogens (tertiary/aromatic N) is 3. The number of aromatic nitrogens is 1. The molecule has 1 amide bonds. The van der Waals surface area contributed by atoms with Gasteiger partial charge in [0.25, 0.3) is 0 Å². The molecule has 3 N–H and O–H groups in total. The number of carbonyl (C=O) groups excluding carboxylic acids is 1. The summed E-state index contributed by atoms with van der Waals surface area (Å²) in [6.45, 7) is 6.74. The molecule has 2 heterocycles. The first-order valence-electron chi connectivity index (χ1n) is 10.0. The number of halogens is 5. The summed E-state index contributed by atoms with van der Waals surface area (Å²) in [6, 6.07) is 0.927. The Hall–Kier alpha value is -1.50. The number of aliphatic imine (C=N–C) groups is 1. The third kappa shape index (κ3) is 8.87. The zero-order chi connectivity index (χ0) is 22.1. The number of anilines is 1. The van der Waals surface area contributed by atoms with Crippen LogP contribution in [0.25, 0.3) is 0 Å². The molecule has 1 aromatic rings. The molecule has 1 unspecified atom stereocenters. The molecule has 1 aliphatic heterocycles. The van der Waals surface area contributed by atoms with Gasteiger partial charge in [-0.2, -0.15) is 13.2 Å². The second-order valence-electron chi connectivity index (χ2n) is 6.96. The Kier molecular flexibility index (Phi) is 11.7. The first-order valence-corrected chi connectivity index (χ1v) is 10.4. The summed E-state index contributed by atoms with van der Waals surface area (Å²) in [6.07, 6.45) is -1.74. The predicted octanol–water partition coefficient (Wildman–Crippen LogP) is 3.42. The minimum absolute atomic E-state index is 0. The minimum Gasteiger partial charge on any atom is -0.357 e. The average Bonchev–Trinajstić information content (AvgIpc) is 3.13. The predicted molar refractivity (Wildman–Crippen MR) is 127 cm³/mol. The normalized spacial score (nSPS) is 16.6. The van der Waals surface area contributed by atoms with Crippen molar-refractivity contribution in [3.63, 3.8) is 0 Å². The van der Waals surface area contributed by atoms with Crippen LogP contribution in [0.15, 0.2) is 17.3 Å². The third-order valence-electron chi connectivity index (χ3n) is 4.50. The van der Waals surface area contributed by atoms with Crippen LogP contribution in [0, 0.1) is 0 Å². The van der Waals surface area contributed by atoms with Crippen molar-refractivity contribution in [2.24, 2.45) is 4.99 Å². The van der Waals surface area contributed by atoms with Crippen LogP contribution in [0.3, 0.4) is 0 Å². The summed E-state index contributed by atoms with van der Waals surface area (Å²) < 4.78 is 38.4. The summed E-state index contributed by atoms with van der Waals surface area (Å²) in [5.74, 6) is 0.897. The van der Waals surface area contributed by atoms with E-state index in [2.05, 4.69) is 25.9 Å². The number of rotatable bonds is 8. The van der Waals surface area contributed by atoms with Crippen molar-refractivity contribution < 1.29 is 18.0 Å². The van der Waals surface area contributed by atoms with Gasteiger partial charge in [0, 0.05) is 44.8 Å². The standard InChI is InChI=1S/C19H28ClF3N6O.HI/c1-3-7-25-16(30)5-8-26-18(24-4-2)28-14-6-9-29(12-14)17-15(20)10-13(11-27-17)19(21,22)23;/h10-11,14H,3-9,12H2,1-2H3,(H,25,30)(H2,24,26,28);1H. The van der Waals surface area contributed by atoms with E-state index in [1.54, 1.807) is 0 Å². The van der Waals surface area contributed by atoms with Crippen molar-refractivity contribution in [1.29, 1.82) is 0 Å². The van der Waals surface area contributed by atoms with Crippen LogP contribution in [0.5, 0.6) is 0 Å². The van der Waals surface area contributed by atoms with Crippen molar-refractivity contribution in [2.75, 3.05) is 37.6 Å². The smallest absolute Gasteiger partial charge is 0.357 e. The molecule has 1 saturated heterocycles. The number of nitrogens with one attached hydrogen (secondary N) is 3. The highest BCUT2D eigenvalue weighted by Gasteiger charge is 2.33. The topological polar surface area (TPSA) is 81.6 Å². The SMILES string of the molecule is CCCNC(=O)CCN=C(NCC)NC1CCN(c2ncc(C(F)(F)F)cc2Cl)C1.I. The van der Waals surface area contributed by atoms with Crippen molar-refractivity contribution in [1.82, 2.24) is 20.9 Å². The fraction of sp³-hybridized carbons (Fsp3) is 0.632. The fourth-order valence-corrected chi connectivity index (χ4v) is 3.31. The van der Waals surface area contributed by atoms with Crippen molar-refractivity contribution in [3.8, 4) is 0 Å². The zero-order valence-corrected chi connectivity index (χ0v) is 20.6. The quantitative estimate of drug-likeness (QED) is 0.251. The van der Waals surface area contributed by atoms with Gasteiger partial charge in [-0.05, 0) is 25.8 Å². The van der Waals surface area contributed by atoms with Gasteiger partial charge in [0.05, 0.1) is 17.1 Å². The van der Waals surface area contributed by atoms with Gasteiger partial charge in [-0.15, -0.1) is 24.0 Å². The first kappa shape index (κ1) is 27.5. The molecule has 12 heteroatoms. The Bertz CT molecular complexity index is 750. The van der Waals surface area contributed by atoms with E-state index in [1.165, 1.54) is 0 Å². The summed E-state index contributed by atoms with van der Waals surface area (Å²) >= 11 is 6.05. The summed E-state index contributed by atoms with van der Waals surface area (Å²) in [4.78, 5) is 21.9. The maximum Gasteiger partial charge on any atom is 0.417 e. The third-order valence-corrected chi connectivity index (χ3v) is 4.78. The van der Waals surface area contributed by atoms with Crippen LogP contribution in [0.2, 0.25) is 5.02 Å². The maximum absolute atomic E-state index is 12.8. The number of hydrogen-bond acceptors (Lipinski definition) is 4. The van der Waals surface area contributed by atoms with Crippen LogP contribution in [0.4, 0.5) is 19.0 Å². The molecule has 2 rings (SSSR count). The summed E-state index contributed by atoms with van der Waals surface area (Å²) in [7, 11) is 0. The lowest BCUT2D eigenvalue weighted by Crippen LogP contribution is -2.44. The summed E-state index contributed by atoms with van der Waals surface area (Å²) in [5, 5.41) is 9.23. The molecule has 176 valence electrons. The fourth-order valence-electron chi connectivity index (χ4n) is 3.02. The lowest BCUT2D eigenvalue weighted by molar-refractivity contribution is -0.137. The second kappa shape index (κ2) is 13.1. The number of alkyl halides is 3. The molecule has 0 aliphatic carbocycles. The van der Waals surface area contributed by atoms with Gasteiger partial charge in [0.15, 0.2) is 5.96 Å². The number of carbonyl (C=O) groups is 1. The minimum atomic E-state index is -4.48. The first-order chi connectivity index (χ1) is 14.2. The maximum atomic E-state index is 12.8. The highest BCUT2D eigenvalue weighted by molar-refractivity contribution is 14.0. The van der Waals surface area contributed by atoms with Crippen LogP contribution < -0.4 is 20.9 Å². The average molecular weight is 577 g/mol. The van der Waals surface area contributed by atoms with Crippen molar-refractivity contribution >= 4 is 53.3 Å². The molecule has 1 aromatic heterocycles. The van der Waals surface area contributed by atoms with E-state index in [1.807, 2.05) is 18.7 Å². The molecule has 0 radical (unpaired) electrons. The zero-order valence-electron chi connectivity index (χ0n) is 17.6. The van der Waals surface area contributed by atoms with E-state index in [0.717, 1.165) is 25.1 Å². The van der Waals surface area contributed by atoms with E-state index >= 15 is 0 Å². The Balaban J connectivity index is 0.00000480. The van der Waals surface area contributed by atoms with Crippen LogP contribution in [0.1, 0.15) is 38.7 Å². The Labute approximate surface area is 202 Å². The van der Waals surface area contributed by atoms with E-state index in [9.17, 15) is 18.0 Å². The van der Waals surface area contributed by atoms with Gasteiger partial charge >= 0.3 is 6.18 Å². The molecule has 1 fully saturated rings. The van der Waals surface area contributed by atoms with E-state index < -0.39 is 11.7 Å². The molecule has 0 aromatic carbocycles. The van der Waals surface area contributed by atoms with Gasteiger partial charge in [0.1, 0.15) is 5.82 Å². The second-order valence-corrected chi connectivity index (χ2v) is 7.37. The molecular formula is C19H29ClF3IN6O. The summed E-state index contributed by atoms with van der Waals surface area (Å²) in [5.41, 5.74) is -0.866. The Morgan fingerprint density at radius 2 is 2.10 bits per heavy atom. The highest BCUT2D eigenvalue weighted by atomic mass is 127. The van der Waals surface area contributed by atoms with E-state index in [4.69, 9.17) is 11.6 Å². The number of hydrogen-bond donors (Lipinski definition) is 3. The van der Waals surface area contributed by atoms with Gasteiger partial charge in [-0.25, -0.2) is 4.98 Å². The molecule has 7 nitrogen and oxygen atoms in total. The van der Waals surface area contributed by atoms with Gasteiger partial charge in [-0.3, -0.25) is 9.79 Å². The molecule has 0 bridgehead atoms. The largest absolute Gasteiger partial charge is 0.417 e. The molecule has 0 spiro atoms. The molecule has 1 aliphatic rings. The molecule has 0 saturated carbocycles.